The predicted octanol–water partition coefficient (Wildman–Crippen LogP) is 3.44. The van der Waals surface area contributed by atoms with Gasteiger partial charge in [-0.15, -0.1) is 0 Å². The van der Waals surface area contributed by atoms with E-state index in [1.807, 2.05) is 0 Å². The van der Waals surface area contributed by atoms with Gasteiger partial charge in [-0.25, -0.2) is 0 Å². The quantitative estimate of drug-likeness (QED) is 0.718. The van der Waals surface area contributed by atoms with E-state index >= 15 is 0 Å². The number of hydrogen-bond acceptors (Lipinski definition) is 3. The van der Waals surface area contributed by atoms with Crippen LogP contribution in [0, 0.1) is 5.92 Å². The van der Waals surface area contributed by atoms with Gasteiger partial charge in [-0.1, -0.05) is 27.7 Å². The van der Waals surface area contributed by atoms with Crippen LogP contribution in [-0.4, -0.2) is 35.1 Å². The lowest BCUT2D eigenvalue weighted by Gasteiger charge is -2.30. The van der Waals surface area contributed by atoms with Crippen LogP contribution in [0.4, 0.5) is 0 Å². The topological polar surface area (TPSA) is 39.1 Å². The highest BCUT2D eigenvalue weighted by Gasteiger charge is 2.25. The summed E-state index contributed by atoms with van der Waals surface area (Å²) in [5.41, 5.74) is 1.15. The monoisotopic (exact) mass is 295 g/mol. The van der Waals surface area contributed by atoms with Gasteiger partial charge in [-0.2, -0.15) is 5.10 Å². The number of nitrogens with one attached hydrogen (secondary N) is 1. The third kappa shape index (κ3) is 5.44. The Balaban J connectivity index is 2.79. The largest absolute Gasteiger partial charge is 0.377 e. The summed E-state index contributed by atoms with van der Waals surface area (Å²) >= 11 is 0. The SMILES string of the molecule is CCNC(Cc1ccn(C(C)CC)n1)C(OCC)C(C)C. The lowest BCUT2D eigenvalue weighted by atomic mass is 9.95. The van der Waals surface area contributed by atoms with Crippen LogP contribution in [0.2, 0.25) is 0 Å². The molecule has 0 aromatic carbocycles. The second-order valence-electron chi connectivity index (χ2n) is 6.08. The summed E-state index contributed by atoms with van der Waals surface area (Å²) < 4.78 is 8.04. The Kier molecular flexibility index (Phi) is 7.97. The summed E-state index contributed by atoms with van der Waals surface area (Å²) in [7, 11) is 0. The first-order valence-corrected chi connectivity index (χ1v) is 8.42. The van der Waals surface area contributed by atoms with E-state index in [1.54, 1.807) is 0 Å². The molecule has 4 heteroatoms. The molecule has 3 unspecified atom stereocenters. The molecule has 1 rings (SSSR count). The van der Waals surface area contributed by atoms with Gasteiger partial charge >= 0.3 is 0 Å². The first-order chi connectivity index (χ1) is 10.0. The van der Waals surface area contributed by atoms with E-state index in [0.29, 0.717) is 18.0 Å². The Bertz CT molecular complexity index is 389. The molecule has 0 aliphatic carbocycles. The van der Waals surface area contributed by atoms with Gasteiger partial charge < -0.3 is 10.1 Å². The molecule has 122 valence electrons. The van der Waals surface area contributed by atoms with Crippen LogP contribution in [0.1, 0.15) is 59.7 Å². The fourth-order valence-electron chi connectivity index (χ4n) is 2.68. The van der Waals surface area contributed by atoms with E-state index in [1.165, 1.54) is 0 Å². The third-order valence-corrected chi connectivity index (χ3v) is 4.01. The summed E-state index contributed by atoms with van der Waals surface area (Å²) in [5.74, 6) is 0.491. The minimum absolute atomic E-state index is 0.226. The summed E-state index contributed by atoms with van der Waals surface area (Å²) in [6.45, 7) is 14.8. The maximum atomic E-state index is 5.97. The average Bonchev–Trinajstić information content (AvgIpc) is 2.91. The lowest BCUT2D eigenvalue weighted by Crippen LogP contribution is -2.45. The van der Waals surface area contributed by atoms with E-state index in [2.05, 4.69) is 63.8 Å². The molecule has 1 heterocycles. The number of hydrogen-bond donors (Lipinski definition) is 1. The van der Waals surface area contributed by atoms with E-state index < -0.39 is 0 Å². The fraction of sp³-hybridized carbons (Fsp3) is 0.824. The van der Waals surface area contributed by atoms with Gasteiger partial charge in [0.15, 0.2) is 0 Å². The van der Waals surface area contributed by atoms with Crippen molar-refractivity contribution in [3.63, 3.8) is 0 Å². The van der Waals surface area contributed by atoms with Crippen molar-refractivity contribution in [1.29, 1.82) is 0 Å². The molecule has 0 amide bonds. The van der Waals surface area contributed by atoms with Crippen molar-refractivity contribution >= 4 is 0 Å². The highest BCUT2D eigenvalue weighted by molar-refractivity contribution is 5.03. The zero-order valence-electron chi connectivity index (χ0n) is 14.6. The van der Waals surface area contributed by atoms with Gasteiger partial charge in [0.05, 0.1) is 11.8 Å². The Morgan fingerprint density at radius 2 is 1.95 bits per heavy atom. The molecule has 0 spiro atoms. The standard InChI is InChI=1S/C17H33N3O/c1-7-14(6)20-11-10-15(19-20)12-16(18-8-2)17(13(4)5)21-9-3/h10-11,13-14,16-18H,7-9,12H2,1-6H3. The number of likely N-dealkylation sites (N-methyl/N-ethyl adjacent to an activating group) is 1. The van der Waals surface area contributed by atoms with Gasteiger partial charge in [-0.3, -0.25) is 4.68 Å². The van der Waals surface area contributed by atoms with Crippen molar-refractivity contribution in [3.05, 3.63) is 18.0 Å². The van der Waals surface area contributed by atoms with Gasteiger partial charge in [0.2, 0.25) is 0 Å². The molecule has 0 bridgehead atoms. The highest BCUT2D eigenvalue weighted by Crippen LogP contribution is 2.16. The summed E-state index contributed by atoms with van der Waals surface area (Å²) in [4.78, 5) is 0. The Labute approximate surface area is 130 Å². The summed E-state index contributed by atoms with van der Waals surface area (Å²) in [5, 5.41) is 8.30. The van der Waals surface area contributed by atoms with E-state index in [-0.39, 0.29) is 6.10 Å². The van der Waals surface area contributed by atoms with Gasteiger partial charge in [0.1, 0.15) is 0 Å². The Hall–Kier alpha value is -0.870. The Morgan fingerprint density at radius 1 is 1.24 bits per heavy atom. The smallest absolute Gasteiger partial charge is 0.0754 e. The molecular weight excluding hydrogens is 262 g/mol. The molecule has 0 aliphatic heterocycles. The molecule has 1 aromatic heterocycles. The van der Waals surface area contributed by atoms with Crippen LogP contribution in [0.3, 0.4) is 0 Å². The number of nitrogens with zero attached hydrogens (tertiary/aromatic N) is 2. The van der Waals surface area contributed by atoms with Crippen molar-refractivity contribution in [2.45, 2.75) is 72.6 Å². The van der Waals surface area contributed by atoms with Crippen molar-refractivity contribution < 1.29 is 4.74 Å². The van der Waals surface area contributed by atoms with Crippen molar-refractivity contribution in [2.24, 2.45) is 5.92 Å². The van der Waals surface area contributed by atoms with E-state index in [4.69, 9.17) is 9.84 Å². The fourth-order valence-corrected chi connectivity index (χ4v) is 2.68. The zero-order chi connectivity index (χ0) is 15.8. The van der Waals surface area contributed by atoms with E-state index in [9.17, 15) is 0 Å². The first-order valence-electron chi connectivity index (χ1n) is 8.42. The maximum Gasteiger partial charge on any atom is 0.0754 e. The number of aromatic nitrogens is 2. The molecule has 1 aromatic rings. The van der Waals surface area contributed by atoms with Crippen LogP contribution in [0.15, 0.2) is 12.3 Å². The van der Waals surface area contributed by atoms with Crippen LogP contribution in [0.5, 0.6) is 0 Å². The maximum absolute atomic E-state index is 5.97. The molecule has 0 fully saturated rings. The molecule has 21 heavy (non-hydrogen) atoms. The zero-order valence-corrected chi connectivity index (χ0v) is 14.6. The van der Waals surface area contributed by atoms with Crippen LogP contribution in [-0.2, 0) is 11.2 Å². The molecule has 0 saturated carbocycles. The summed E-state index contributed by atoms with van der Waals surface area (Å²) in [6, 6.07) is 2.92. The van der Waals surface area contributed by atoms with Crippen molar-refractivity contribution in [3.8, 4) is 0 Å². The second kappa shape index (κ2) is 9.21. The van der Waals surface area contributed by atoms with Crippen molar-refractivity contribution in [1.82, 2.24) is 15.1 Å². The molecule has 0 aliphatic rings. The number of ether oxygens (including phenoxy) is 1. The highest BCUT2D eigenvalue weighted by atomic mass is 16.5. The summed E-state index contributed by atoms with van der Waals surface area (Å²) in [6.07, 6.45) is 4.34. The normalized spacial score (nSPS) is 16.1. The molecule has 0 saturated heterocycles. The molecule has 4 nitrogen and oxygen atoms in total. The molecular formula is C17H33N3O. The first kappa shape index (κ1) is 18.2. The van der Waals surface area contributed by atoms with Crippen molar-refractivity contribution in [2.75, 3.05) is 13.2 Å². The van der Waals surface area contributed by atoms with Gasteiger partial charge in [0.25, 0.3) is 0 Å². The number of rotatable bonds is 10. The third-order valence-electron chi connectivity index (χ3n) is 4.01. The van der Waals surface area contributed by atoms with E-state index in [0.717, 1.165) is 31.7 Å². The molecule has 1 N–H and O–H groups in total. The molecule has 0 radical (unpaired) electrons. The predicted molar refractivity (Wildman–Crippen MR) is 88.6 cm³/mol. The van der Waals surface area contributed by atoms with Crippen LogP contribution in [0.25, 0.3) is 0 Å². The minimum atomic E-state index is 0.226. The average molecular weight is 295 g/mol. The van der Waals surface area contributed by atoms with Gasteiger partial charge in [-0.05, 0) is 38.8 Å². The minimum Gasteiger partial charge on any atom is -0.377 e. The Morgan fingerprint density at radius 3 is 2.48 bits per heavy atom. The lowest BCUT2D eigenvalue weighted by molar-refractivity contribution is 0.00370. The molecule has 3 atom stereocenters. The van der Waals surface area contributed by atoms with Crippen LogP contribution >= 0.6 is 0 Å². The second-order valence-corrected chi connectivity index (χ2v) is 6.08. The van der Waals surface area contributed by atoms with Crippen LogP contribution < -0.4 is 5.32 Å². The van der Waals surface area contributed by atoms with Gasteiger partial charge in [0, 0.05) is 31.3 Å².